The Hall–Kier alpha value is -1.96. The van der Waals surface area contributed by atoms with Gasteiger partial charge in [0.05, 0.1) is 4.90 Å². The van der Waals surface area contributed by atoms with E-state index in [1.807, 2.05) is 24.3 Å². The lowest BCUT2D eigenvalue weighted by atomic mass is 9.82. The van der Waals surface area contributed by atoms with Crippen molar-refractivity contribution in [1.29, 1.82) is 0 Å². The van der Waals surface area contributed by atoms with Gasteiger partial charge < -0.3 is 0 Å². The molecule has 0 spiro atoms. The first-order chi connectivity index (χ1) is 11.5. The summed E-state index contributed by atoms with van der Waals surface area (Å²) < 4.78 is 28.1. The fourth-order valence-electron chi connectivity index (χ4n) is 3.29. The van der Waals surface area contributed by atoms with Crippen LogP contribution in [0.4, 0.5) is 0 Å². The van der Waals surface area contributed by atoms with Crippen molar-refractivity contribution in [3.8, 4) is 0 Å². The van der Waals surface area contributed by atoms with Gasteiger partial charge >= 0.3 is 0 Å². The van der Waals surface area contributed by atoms with E-state index in [2.05, 4.69) is 4.72 Å². The predicted molar refractivity (Wildman–Crippen MR) is 90.0 cm³/mol. The standard InChI is InChI=1S/C17H20N2O4S/c20-16(18-21)17(10-4-1-5-11-17)19-24(22,23)15-9-8-13-6-2-3-7-14(13)12-15/h2-3,6-9,12,19,21H,1,4-5,10-11H2,(H,18,20). The van der Waals surface area contributed by atoms with Gasteiger partial charge in [-0.25, -0.2) is 13.9 Å². The first-order valence-electron chi connectivity index (χ1n) is 7.94. The molecule has 3 rings (SSSR count). The van der Waals surface area contributed by atoms with E-state index in [9.17, 15) is 13.2 Å². The van der Waals surface area contributed by atoms with Gasteiger partial charge in [0.2, 0.25) is 10.0 Å². The Balaban J connectivity index is 1.97. The van der Waals surface area contributed by atoms with Gasteiger partial charge in [-0.15, -0.1) is 0 Å². The summed E-state index contributed by atoms with van der Waals surface area (Å²) in [4.78, 5) is 12.2. The molecule has 7 heteroatoms. The highest BCUT2D eigenvalue weighted by atomic mass is 32.2. The number of nitrogens with one attached hydrogen (secondary N) is 2. The van der Waals surface area contributed by atoms with E-state index in [-0.39, 0.29) is 4.90 Å². The molecule has 0 unspecified atom stereocenters. The number of carbonyl (C=O) groups is 1. The van der Waals surface area contributed by atoms with Gasteiger partial charge in [0.1, 0.15) is 5.54 Å². The van der Waals surface area contributed by atoms with Crippen LogP contribution >= 0.6 is 0 Å². The Labute approximate surface area is 140 Å². The molecule has 0 aromatic heterocycles. The molecular formula is C17H20N2O4S. The number of hydrogen-bond donors (Lipinski definition) is 3. The second kappa shape index (κ2) is 6.51. The third kappa shape index (κ3) is 3.15. The van der Waals surface area contributed by atoms with E-state index in [0.717, 1.165) is 30.0 Å². The number of amides is 1. The van der Waals surface area contributed by atoms with E-state index < -0.39 is 21.5 Å². The maximum Gasteiger partial charge on any atom is 0.264 e. The third-order valence-corrected chi connectivity index (χ3v) is 6.14. The SMILES string of the molecule is O=C(NO)C1(NS(=O)(=O)c2ccc3ccccc3c2)CCCCC1. The van der Waals surface area contributed by atoms with Crippen LogP contribution in [-0.4, -0.2) is 25.1 Å². The minimum atomic E-state index is -3.89. The van der Waals surface area contributed by atoms with Crippen LogP contribution in [0.15, 0.2) is 47.4 Å². The maximum atomic E-state index is 12.8. The molecule has 1 fully saturated rings. The lowest BCUT2D eigenvalue weighted by molar-refractivity contribution is -0.136. The Bertz CT molecular complexity index is 858. The Morgan fingerprint density at radius 2 is 1.67 bits per heavy atom. The van der Waals surface area contributed by atoms with Crippen molar-refractivity contribution in [3.05, 3.63) is 42.5 Å². The van der Waals surface area contributed by atoms with Gasteiger partial charge in [-0.05, 0) is 35.7 Å². The highest BCUT2D eigenvalue weighted by Gasteiger charge is 2.43. The summed E-state index contributed by atoms with van der Waals surface area (Å²) >= 11 is 0. The van der Waals surface area contributed by atoms with E-state index in [0.29, 0.717) is 12.8 Å². The van der Waals surface area contributed by atoms with E-state index in [4.69, 9.17) is 5.21 Å². The Morgan fingerprint density at radius 1 is 1.00 bits per heavy atom. The average Bonchev–Trinajstić information content (AvgIpc) is 2.61. The van der Waals surface area contributed by atoms with Crippen LogP contribution in [0, 0.1) is 0 Å². The van der Waals surface area contributed by atoms with Crippen molar-refractivity contribution in [2.24, 2.45) is 0 Å². The second-order valence-electron chi connectivity index (χ2n) is 6.20. The predicted octanol–water partition coefficient (Wildman–Crippen LogP) is 2.33. The molecule has 3 N–H and O–H groups in total. The molecule has 2 aromatic carbocycles. The van der Waals surface area contributed by atoms with Gasteiger partial charge in [-0.1, -0.05) is 49.6 Å². The third-order valence-electron chi connectivity index (χ3n) is 4.60. The van der Waals surface area contributed by atoms with E-state index in [1.165, 1.54) is 6.07 Å². The zero-order valence-corrected chi connectivity index (χ0v) is 14.0. The number of sulfonamides is 1. The van der Waals surface area contributed by atoms with E-state index in [1.54, 1.807) is 17.6 Å². The summed E-state index contributed by atoms with van der Waals surface area (Å²) in [5.74, 6) is -0.702. The molecular weight excluding hydrogens is 328 g/mol. The zero-order chi connectivity index (χ0) is 17.2. The van der Waals surface area contributed by atoms with Crippen molar-refractivity contribution in [2.45, 2.75) is 42.5 Å². The lowest BCUT2D eigenvalue weighted by Gasteiger charge is -2.35. The number of fused-ring (bicyclic) bond motifs is 1. The van der Waals surface area contributed by atoms with Crippen molar-refractivity contribution >= 4 is 26.7 Å². The Kier molecular flexibility index (Phi) is 4.58. The highest BCUT2D eigenvalue weighted by molar-refractivity contribution is 7.89. The fraction of sp³-hybridized carbons (Fsp3) is 0.353. The number of carbonyl (C=O) groups excluding carboxylic acids is 1. The summed E-state index contributed by atoms with van der Waals surface area (Å²) in [7, 11) is -3.89. The van der Waals surface area contributed by atoms with Crippen LogP contribution in [0.3, 0.4) is 0 Å². The quantitative estimate of drug-likeness (QED) is 0.584. The molecule has 1 saturated carbocycles. The molecule has 1 aliphatic rings. The van der Waals surface area contributed by atoms with Crippen molar-refractivity contribution in [3.63, 3.8) is 0 Å². The van der Waals surface area contributed by atoms with Crippen LogP contribution in [0.1, 0.15) is 32.1 Å². The van der Waals surface area contributed by atoms with Gasteiger partial charge in [-0.2, -0.15) is 4.72 Å². The van der Waals surface area contributed by atoms with Gasteiger partial charge in [0.15, 0.2) is 0 Å². The molecule has 0 heterocycles. The minimum absolute atomic E-state index is 0.108. The van der Waals surface area contributed by atoms with Crippen LogP contribution in [0.5, 0.6) is 0 Å². The number of rotatable bonds is 4. The molecule has 0 saturated heterocycles. The van der Waals surface area contributed by atoms with Crippen molar-refractivity contribution in [2.75, 3.05) is 0 Å². The first kappa shape index (κ1) is 16.9. The van der Waals surface area contributed by atoms with Crippen molar-refractivity contribution < 1.29 is 18.4 Å². The summed E-state index contributed by atoms with van der Waals surface area (Å²) in [6, 6.07) is 12.3. The van der Waals surface area contributed by atoms with Crippen LogP contribution in [0.2, 0.25) is 0 Å². The highest BCUT2D eigenvalue weighted by Crippen LogP contribution is 2.30. The lowest BCUT2D eigenvalue weighted by Crippen LogP contribution is -2.59. The van der Waals surface area contributed by atoms with E-state index >= 15 is 0 Å². The molecule has 0 radical (unpaired) electrons. The maximum absolute atomic E-state index is 12.8. The summed E-state index contributed by atoms with van der Waals surface area (Å²) in [6.45, 7) is 0. The molecule has 0 atom stereocenters. The molecule has 2 aromatic rings. The fourth-order valence-corrected chi connectivity index (χ4v) is 4.75. The number of benzene rings is 2. The molecule has 1 amide bonds. The largest absolute Gasteiger partial charge is 0.289 e. The van der Waals surface area contributed by atoms with Gasteiger partial charge in [-0.3, -0.25) is 10.0 Å². The number of hydroxylamine groups is 1. The molecule has 128 valence electrons. The molecule has 0 bridgehead atoms. The smallest absolute Gasteiger partial charge is 0.264 e. The normalized spacial score (nSPS) is 17.5. The number of hydrogen-bond acceptors (Lipinski definition) is 4. The molecule has 6 nitrogen and oxygen atoms in total. The summed E-state index contributed by atoms with van der Waals surface area (Å²) in [5, 5.41) is 10.8. The first-order valence-corrected chi connectivity index (χ1v) is 9.42. The van der Waals surface area contributed by atoms with Crippen LogP contribution in [0.25, 0.3) is 10.8 Å². The molecule has 0 aliphatic heterocycles. The van der Waals surface area contributed by atoms with Crippen molar-refractivity contribution in [1.82, 2.24) is 10.2 Å². The van der Waals surface area contributed by atoms with Gasteiger partial charge in [0.25, 0.3) is 5.91 Å². The topological polar surface area (TPSA) is 95.5 Å². The summed E-state index contributed by atoms with van der Waals surface area (Å²) in [6.07, 6.45) is 3.14. The van der Waals surface area contributed by atoms with Crippen LogP contribution in [-0.2, 0) is 14.8 Å². The van der Waals surface area contributed by atoms with Crippen LogP contribution < -0.4 is 10.2 Å². The zero-order valence-electron chi connectivity index (χ0n) is 13.2. The molecule has 24 heavy (non-hydrogen) atoms. The minimum Gasteiger partial charge on any atom is -0.289 e. The Morgan fingerprint density at radius 3 is 2.33 bits per heavy atom. The summed E-state index contributed by atoms with van der Waals surface area (Å²) in [5.41, 5.74) is 0.319. The average molecular weight is 348 g/mol. The van der Waals surface area contributed by atoms with Gasteiger partial charge in [0, 0.05) is 0 Å². The second-order valence-corrected chi connectivity index (χ2v) is 7.88. The monoisotopic (exact) mass is 348 g/mol. The molecule has 1 aliphatic carbocycles.